The first-order valence-corrected chi connectivity index (χ1v) is 7.63. The number of nitrogens with zero attached hydrogens (tertiary/aromatic N) is 2. The van der Waals surface area contributed by atoms with Crippen LogP contribution in [0.3, 0.4) is 0 Å². The Kier molecular flexibility index (Phi) is 4.45. The van der Waals surface area contributed by atoms with Gasteiger partial charge in [0.25, 0.3) is 0 Å². The molecule has 2 rings (SSSR count). The zero-order valence-corrected chi connectivity index (χ0v) is 14.5. The Labute approximate surface area is 132 Å². The molecule has 0 unspecified atom stereocenters. The minimum atomic E-state index is 0.0601. The van der Waals surface area contributed by atoms with Crippen LogP contribution < -0.4 is 5.32 Å². The van der Waals surface area contributed by atoms with E-state index in [9.17, 15) is 0 Å². The van der Waals surface area contributed by atoms with Crippen molar-refractivity contribution in [3.8, 4) is 5.69 Å². The molecule has 2 aromatic rings. The third-order valence-electron chi connectivity index (χ3n) is 3.73. The third-order valence-corrected chi connectivity index (χ3v) is 3.97. The molecule has 3 nitrogen and oxygen atoms in total. The van der Waals surface area contributed by atoms with Crippen LogP contribution in [0.25, 0.3) is 5.69 Å². The predicted octanol–water partition coefficient (Wildman–Crippen LogP) is 4.34. The van der Waals surface area contributed by atoms with E-state index in [1.54, 1.807) is 0 Å². The van der Waals surface area contributed by atoms with E-state index in [1.165, 1.54) is 11.3 Å². The highest BCUT2D eigenvalue weighted by molar-refractivity contribution is 6.30. The summed E-state index contributed by atoms with van der Waals surface area (Å²) in [5.74, 6) is 0. The quantitative estimate of drug-likeness (QED) is 0.914. The lowest BCUT2D eigenvalue weighted by atomic mass is 10.1. The van der Waals surface area contributed by atoms with E-state index in [-0.39, 0.29) is 5.54 Å². The number of aryl methyl sites for hydroxylation is 1. The van der Waals surface area contributed by atoms with Crippen molar-refractivity contribution in [2.24, 2.45) is 0 Å². The Hall–Kier alpha value is -1.32. The molecule has 0 saturated carbocycles. The molecule has 0 atom stereocenters. The molecule has 114 valence electrons. The Morgan fingerprint density at radius 3 is 2.38 bits per heavy atom. The van der Waals surface area contributed by atoms with Gasteiger partial charge in [-0.25, -0.2) is 4.68 Å². The van der Waals surface area contributed by atoms with Crippen molar-refractivity contribution in [2.75, 3.05) is 0 Å². The first-order chi connectivity index (χ1) is 9.69. The van der Waals surface area contributed by atoms with E-state index < -0.39 is 0 Å². The summed E-state index contributed by atoms with van der Waals surface area (Å²) in [6.07, 6.45) is 0. The molecule has 0 aliphatic heterocycles. The minimum absolute atomic E-state index is 0.0601. The summed E-state index contributed by atoms with van der Waals surface area (Å²) >= 11 is 6.17. The number of halogens is 1. The van der Waals surface area contributed by atoms with Crippen LogP contribution in [0.5, 0.6) is 0 Å². The molecule has 0 radical (unpaired) electrons. The maximum atomic E-state index is 6.17. The first-order valence-electron chi connectivity index (χ1n) is 7.25. The predicted molar refractivity (Wildman–Crippen MR) is 89.4 cm³/mol. The lowest BCUT2D eigenvalue weighted by molar-refractivity contribution is 0.424. The molecule has 1 aromatic carbocycles. The number of hydrogen-bond donors (Lipinski definition) is 1. The Balaban J connectivity index is 2.46. The van der Waals surface area contributed by atoms with Crippen LogP contribution in [0, 0.1) is 20.8 Å². The second-order valence-electron chi connectivity index (χ2n) is 6.58. The van der Waals surface area contributed by atoms with Crippen molar-refractivity contribution in [2.45, 2.75) is 53.6 Å². The van der Waals surface area contributed by atoms with Crippen molar-refractivity contribution < 1.29 is 0 Å². The van der Waals surface area contributed by atoms with E-state index in [1.807, 2.05) is 29.8 Å². The first kappa shape index (κ1) is 16.1. The molecular formula is C17H24ClN3. The summed E-state index contributed by atoms with van der Waals surface area (Å²) in [6, 6.07) is 5.98. The molecule has 21 heavy (non-hydrogen) atoms. The topological polar surface area (TPSA) is 29.9 Å². The van der Waals surface area contributed by atoms with Crippen molar-refractivity contribution in [3.05, 3.63) is 45.7 Å². The van der Waals surface area contributed by atoms with Crippen LogP contribution in [0.4, 0.5) is 0 Å². The Morgan fingerprint density at radius 2 is 1.86 bits per heavy atom. The Morgan fingerprint density at radius 1 is 1.19 bits per heavy atom. The van der Waals surface area contributed by atoms with E-state index in [2.05, 4.69) is 45.0 Å². The summed E-state index contributed by atoms with van der Waals surface area (Å²) < 4.78 is 2.01. The molecule has 0 fully saturated rings. The van der Waals surface area contributed by atoms with Gasteiger partial charge in [0.15, 0.2) is 0 Å². The van der Waals surface area contributed by atoms with Gasteiger partial charge in [-0.15, -0.1) is 0 Å². The summed E-state index contributed by atoms with van der Waals surface area (Å²) in [7, 11) is 0. The van der Waals surface area contributed by atoms with Crippen molar-refractivity contribution in [1.82, 2.24) is 15.1 Å². The van der Waals surface area contributed by atoms with Gasteiger partial charge in [-0.3, -0.25) is 0 Å². The van der Waals surface area contributed by atoms with Gasteiger partial charge in [0, 0.05) is 22.8 Å². The maximum Gasteiger partial charge on any atom is 0.0694 e. The second kappa shape index (κ2) is 5.82. The van der Waals surface area contributed by atoms with Gasteiger partial charge in [-0.2, -0.15) is 5.10 Å². The highest BCUT2D eigenvalue weighted by Gasteiger charge is 2.15. The molecular weight excluding hydrogens is 282 g/mol. The summed E-state index contributed by atoms with van der Waals surface area (Å²) in [4.78, 5) is 0. The van der Waals surface area contributed by atoms with Gasteiger partial charge >= 0.3 is 0 Å². The van der Waals surface area contributed by atoms with Gasteiger partial charge in [0.05, 0.1) is 11.4 Å². The lowest BCUT2D eigenvalue weighted by Crippen LogP contribution is -2.35. The fourth-order valence-electron chi connectivity index (χ4n) is 2.22. The van der Waals surface area contributed by atoms with E-state index in [0.29, 0.717) is 0 Å². The summed E-state index contributed by atoms with van der Waals surface area (Å²) in [5, 5.41) is 8.93. The molecule has 0 saturated heterocycles. The van der Waals surface area contributed by atoms with E-state index in [0.717, 1.165) is 28.5 Å². The largest absolute Gasteiger partial charge is 0.308 e. The number of nitrogens with one attached hydrogen (secondary N) is 1. The zero-order chi connectivity index (χ0) is 15.8. The van der Waals surface area contributed by atoms with Gasteiger partial charge in [-0.1, -0.05) is 11.6 Å². The SMILES string of the molecule is Cc1nn(-c2ccc(Cl)cc2CNC(C)(C)C)c(C)c1C. The van der Waals surface area contributed by atoms with Crippen LogP contribution in [0.15, 0.2) is 18.2 Å². The molecule has 1 aromatic heterocycles. The van der Waals surface area contributed by atoms with Crippen molar-refractivity contribution >= 4 is 11.6 Å². The van der Waals surface area contributed by atoms with Crippen molar-refractivity contribution in [3.63, 3.8) is 0 Å². The van der Waals surface area contributed by atoms with Crippen LogP contribution in [0.2, 0.25) is 5.02 Å². The fraction of sp³-hybridized carbons (Fsp3) is 0.471. The molecule has 1 N–H and O–H groups in total. The standard InChI is InChI=1S/C17H24ClN3/c1-11-12(2)20-21(13(11)3)16-8-7-15(18)9-14(16)10-19-17(4,5)6/h7-9,19H,10H2,1-6H3. The van der Waals surface area contributed by atoms with Gasteiger partial charge in [0.2, 0.25) is 0 Å². The number of aromatic nitrogens is 2. The van der Waals surface area contributed by atoms with Gasteiger partial charge < -0.3 is 5.32 Å². The second-order valence-corrected chi connectivity index (χ2v) is 7.02. The molecule has 0 aliphatic rings. The fourth-order valence-corrected chi connectivity index (χ4v) is 2.41. The highest BCUT2D eigenvalue weighted by Crippen LogP contribution is 2.23. The molecule has 1 heterocycles. The molecule has 0 aliphatic carbocycles. The van der Waals surface area contributed by atoms with Crippen LogP contribution in [0.1, 0.15) is 43.3 Å². The maximum absolute atomic E-state index is 6.17. The molecule has 0 spiro atoms. The summed E-state index contributed by atoms with van der Waals surface area (Å²) in [5.41, 5.74) is 5.78. The highest BCUT2D eigenvalue weighted by atomic mass is 35.5. The lowest BCUT2D eigenvalue weighted by Gasteiger charge is -2.22. The average Bonchev–Trinajstić information content (AvgIpc) is 2.63. The van der Waals surface area contributed by atoms with Gasteiger partial charge in [0.1, 0.15) is 0 Å². The van der Waals surface area contributed by atoms with Crippen LogP contribution in [-0.4, -0.2) is 15.3 Å². The van der Waals surface area contributed by atoms with E-state index >= 15 is 0 Å². The molecule has 0 bridgehead atoms. The number of rotatable bonds is 3. The third kappa shape index (κ3) is 3.66. The van der Waals surface area contributed by atoms with Gasteiger partial charge in [-0.05, 0) is 70.9 Å². The zero-order valence-electron chi connectivity index (χ0n) is 13.7. The molecule has 0 amide bonds. The minimum Gasteiger partial charge on any atom is -0.308 e. The average molecular weight is 306 g/mol. The van der Waals surface area contributed by atoms with Crippen LogP contribution >= 0.6 is 11.6 Å². The smallest absolute Gasteiger partial charge is 0.0694 e. The monoisotopic (exact) mass is 305 g/mol. The van der Waals surface area contributed by atoms with Crippen molar-refractivity contribution in [1.29, 1.82) is 0 Å². The number of hydrogen-bond acceptors (Lipinski definition) is 2. The normalized spacial score (nSPS) is 12.0. The van der Waals surface area contributed by atoms with E-state index in [4.69, 9.17) is 11.6 Å². The Bertz CT molecular complexity index is 651. The number of benzene rings is 1. The van der Waals surface area contributed by atoms with Crippen LogP contribution in [-0.2, 0) is 6.54 Å². The summed E-state index contributed by atoms with van der Waals surface area (Å²) in [6.45, 7) is 13.5. The molecule has 4 heteroatoms.